The molecule has 2 rings (SSSR count). The monoisotopic (exact) mass is 281 g/mol. The Balaban J connectivity index is 1.94. The summed E-state index contributed by atoms with van der Waals surface area (Å²) in [5.41, 5.74) is 4.20. The SMILES string of the molecule is CCCCCc1ccc(Nc2ccc(C(C)=O)cc2)cc1. The summed E-state index contributed by atoms with van der Waals surface area (Å²) >= 11 is 0. The van der Waals surface area contributed by atoms with Gasteiger partial charge in [-0.1, -0.05) is 31.9 Å². The highest BCUT2D eigenvalue weighted by molar-refractivity contribution is 5.94. The van der Waals surface area contributed by atoms with Crippen molar-refractivity contribution >= 4 is 17.2 Å². The van der Waals surface area contributed by atoms with E-state index in [4.69, 9.17) is 0 Å². The molecule has 0 atom stereocenters. The van der Waals surface area contributed by atoms with Crippen molar-refractivity contribution in [3.63, 3.8) is 0 Å². The predicted octanol–water partition coefficient (Wildman–Crippen LogP) is 5.37. The molecule has 0 aromatic heterocycles. The maximum absolute atomic E-state index is 11.2. The van der Waals surface area contributed by atoms with E-state index >= 15 is 0 Å². The molecule has 0 spiro atoms. The molecule has 0 saturated heterocycles. The molecule has 2 aromatic carbocycles. The molecule has 2 heteroatoms. The summed E-state index contributed by atoms with van der Waals surface area (Å²) in [6, 6.07) is 16.2. The molecule has 0 aliphatic carbocycles. The Morgan fingerprint density at radius 2 is 1.48 bits per heavy atom. The smallest absolute Gasteiger partial charge is 0.159 e. The molecule has 0 radical (unpaired) electrons. The fourth-order valence-electron chi connectivity index (χ4n) is 2.29. The van der Waals surface area contributed by atoms with Gasteiger partial charge in [-0.2, -0.15) is 0 Å². The van der Waals surface area contributed by atoms with Crippen molar-refractivity contribution in [3.05, 3.63) is 59.7 Å². The zero-order valence-corrected chi connectivity index (χ0v) is 12.9. The minimum absolute atomic E-state index is 0.0954. The Morgan fingerprint density at radius 3 is 2.00 bits per heavy atom. The molecular weight excluding hydrogens is 258 g/mol. The van der Waals surface area contributed by atoms with Crippen LogP contribution in [0.25, 0.3) is 0 Å². The molecule has 110 valence electrons. The number of ketones is 1. The first-order valence-electron chi connectivity index (χ1n) is 7.66. The molecule has 0 aliphatic heterocycles. The number of hydrogen-bond donors (Lipinski definition) is 1. The molecule has 2 nitrogen and oxygen atoms in total. The lowest BCUT2D eigenvalue weighted by atomic mass is 10.1. The summed E-state index contributed by atoms with van der Waals surface area (Å²) < 4.78 is 0. The van der Waals surface area contributed by atoms with Gasteiger partial charge >= 0.3 is 0 Å². The van der Waals surface area contributed by atoms with Crippen molar-refractivity contribution in [2.75, 3.05) is 5.32 Å². The number of hydrogen-bond acceptors (Lipinski definition) is 2. The third-order valence-electron chi connectivity index (χ3n) is 3.60. The van der Waals surface area contributed by atoms with Crippen molar-refractivity contribution in [2.24, 2.45) is 0 Å². The van der Waals surface area contributed by atoms with Gasteiger partial charge in [0.15, 0.2) is 5.78 Å². The minimum atomic E-state index is 0.0954. The van der Waals surface area contributed by atoms with Crippen molar-refractivity contribution < 1.29 is 4.79 Å². The fraction of sp³-hybridized carbons (Fsp3) is 0.316. The van der Waals surface area contributed by atoms with Gasteiger partial charge in [0.25, 0.3) is 0 Å². The number of anilines is 2. The molecule has 0 aliphatic rings. The Hall–Kier alpha value is -2.09. The number of carbonyl (C=O) groups is 1. The number of benzene rings is 2. The standard InChI is InChI=1S/C19H23NO/c1-3-4-5-6-16-7-11-18(12-8-16)20-19-13-9-17(10-14-19)15(2)21/h7-14,20H,3-6H2,1-2H3. The average Bonchev–Trinajstić information content (AvgIpc) is 2.50. The number of Topliss-reactive ketones (excluding diaryl/α,β-unsaturated/α-hetero) is 1. The summed E-state index contributed by atoms with van der Waals surface area (Å²) in [6.07, 6.45) is 4.97. The van der Waals surface area contributed by atoms with Gasteiger partial charge in [-0.05, 0) is 61.7 Å². The molecule has 0 amide bonds. The summed E-state index contributed by atoms with van der Waals surface area (Å²) in [5, 5.41) is 3.35. The zero-order valence-electron chi connectivity index (χ0n) is 12.9. The Morgan fingerprint density at radius 1 is 0.905 bits per heavy atom. The molecule has 0 saturated carbocycles. The van der Waals surface area contributed by atoms with E-state index in [1.165, 1.54) is 24.8 Å². The summed E-state index contributed by atoms with van der Waals surface area (Å²) in [6.45, 7) is 3.81. The van der Waals surface area contributed by atoms with Gasteiger partial charge in [0.05, 0.1) is 0 Å². The van der Waals surface area contributed by atoms with Crippen molar-refractivity contribution in [1.29, 1.82) is 0 Å². The normalized spacial score (nSPS) is 10.4. The van der Waals surface area contributed by atoms with Crippen LogP contribution in [0.2, 0.25) is 0 Å². The third-order valence-corrected chi connectivity index (χ3v) is 3.60. The maximum Gasteiger partial charge on any atom is 0.159 e. The van der Waals surface area contributed by atoms with E-state index in [0.29, 0.717) is 0 Å². The van der Waals surface area contributed by atoms with Crippen LogP contribution in [0.3, 0.4) is 0 Å². The largest absolute Gasteiger partial charge is 0.356 e. The first-order valence-corrected chi connectivity index (χ1v) is 7.66. The minimum Gasteiger partial charge on any atom is -0.356 e. The van der Waals surface area contributed by atoms with Gasteiger partial charge in [0.1, 0.15) is 0 Å². The van der Waals surface area contributed by atoms with Gasteiger partial charge in [-0.3, -0.25) is 4.79 Å². The summed E-state index contributed by atoms with van der Waals surface area (Å²) in [7, 11) is 0. The maximum atomic E-state index is 11.2. The molecule has 0 unspecified atom stereocenters. The second-order valence-electron chi connectivity index (χ2n) is 5.41. The lowest BCUT2D eigenvalue weighted by Gasteiger charge is -2.08. The summed E-state index contributed by atoms with van der Waals surface area (Å²) in [4.78, 5) is 11.2. The highest BCUT2D eigenvalue weighted by atomic mass is 16.1. The lowest BCUT2D eigenvalue weighted by molar-refractivity contribution is 0.101. The van der Waals surface area contributed by atoms with Crippen LogP contribution in [0.4, 0.5) is 11.4 Å². The van der Waals surface area contributed by atoms with E-state index in [-0.39, 0.29) is 5.78 Å². The van der Waals surface area contributed by atoms with Crippen LogP contribution in [0.1, 0.15) is 49.0 Å². The first-order chi connectivity index (χ1) is 10.2. The van der Waals surface area contributed by atoms with E-state index in [2.05, 4.69) is 36.5 Å². The molecule has 0 fully saturated rings. The second-order valence-corrected chi connectivity index (χ2v) is 5.41. The third kappa shape index (κ3) is 4.75. The molecule has 2 aromatic rings. The second kappa shape index (κ2) is 7.63. The van der Waals surface area contributed by atoms with Crippen LogP contribution < -0.4 is 5.32 Å². The van der Waals surface area contributed by atoms with E-state index < -0.39 is 0 Å². The lowest BCUT2D eigenvalue weighted by Crippen LogP contribution is -1.94. The molecular formula is C19H23NO. The number of nitrogens with one attached hydrogen (secondary N) is 1. The number of carbonyl (C=O) groups excluding carboxylic acids is 1. The molecule has 0 bridgehead atoms. The Bertz CT molecular complexity index is 570. The average molecular weight is 281 g/mol. The van der Waals surface area contributed by atoms with Gasteiger partial charge in [0.2, 0.25) is 0 Å². The van der Waals surface area contributed by atoms with Crippen LogP contribution in [0.5, 0.6) is 0 Å². The van der Waals surface area contributed by atoms with Crippen molar-refractivity contribution in [1.82, 2.24) is 0 Å². The first kappa shape index (κ1) is 15.3. The van der Waals surface area contributed by atoms with Crippen LogP contribution in [-0.2, 0) is 6.42 Å². The van der Waals surface area contributed by atoms with Gasteiger partial charge in [-0.25, -0.2) is 0 Å². The number of aryl methyl sites for hydroxylation is 1. The fourth-order valence-corrected chi connectivity index (χ4v) is 2.29. The summed E-state index contributed by atoms with van der Waals surface area (Å²) in [5.74, 6) is 0.0954. The quantitative estimate of drug-likeness (QED) is 0.546. The Kier molecular flexibility index (Phi) is 5.56. The highest BCUT2D eigenvalue weighted by Crippen LogP contribution is 2.18. The van der Waals surface area contributed by atoms with Crippen LogP contribution >= 0.6 is 0 Å². The Labute approximate surface area is 127 Å². The number of unbranched alkanes of at least 4 members (excludes halogenated alkanes) is 2. The van der Waals surface area contributed by atoms with Crippen molar-refractivity contribution in [2.45, 2.75) is 39.5 Å². The molecule has 1 N–H and O–H groups in total. The number of rotatable bonds is 7. The topological polar surface area (TPSA) is 29.1 Å². The zero-order chi connectivity index (χ0) is 15.1. The van der Waals surface area contributed by atoms with E-state index in [0.717, 1.165) is 23.4 Å². The van der Waals surface area contributed by atoms with E-state index in [1.807, 2.05) is 24.3 Å². The molecule has 21 heavy (non-hydrogen) atoms. The van der Waals surface area contributed by atoms with E-state index in [9.17, 15) is 4.79 Å². The highest BCUT2D eigenvalue weighted by Gasteiger charge is 2.00. The van der Waals surface area contributed by atoms with Crippen LogP contribution in [0, 0.1) is 0 Å². The molecule has 0 heterocycles. The van der Waals surface area contributed by atoms with Crippen LogP contribution in [-0.4, -0.2) is 5.78 Å². The van der Waals surface area contributed by atoms with Crippen LogP contribution in [0.15, 0.2) is 48.5 Å². The van der Waals surface area contributed by atoms with E-state index in [1.54, 1.807) is 6.92 Å². The van der Waals surface area contributed by atoms with Crippen molar-refractivity contribution in [3.8, 4) is 0 Å². The van der Waals surface area contributed by atoms with Gasteiger partial charge < -0.3 is 5.32 Å². The van der Waals surface area contributed by atoms with Gasteiger partial charge in [-0.15, -0.1) is 0 Å². The van der Waals surface area contributed by atoms with Gasteiger partial charge in [0, 0.05) is 16.9 Å². The predicted molar refractivity (Wildman–Crippen MR) is 89.4 cm³/mol.